The Balaban J connectivity index is 2.00. The van der Waals surface area contributed by atoms with Crippen LogP contribution < -0.4 is 5.32 Å². The number of nitrogens with one attached hydrogen (secondary N) is 1. The number of aryl methyl sites for hydroxylation is 1. The Labute approximate surface area is 119 Å². The molecule has 19 heavy (non-hydrogen) atoms. The number of hydrogen-bond donors (Lipinski definition) is 1. The van der Waals surface area contributed by atoms with Gasteiger partial charge in [-0.1, -0.05) is 11.8 Å². The number of carbonyl (C=O) groups is 1. The average Bonchev–Trinajstić information content (AvgIpc) is 2.99. The molecule has 0 aliphatic heterocycles. The molecule has 0 saturated carbocycles. The van der Waals surface area contributed by atoms with Crippen LogP contribution in [0.15, 0.2) is 16.7 Å². The third-order valence-corrected chi connectivity index (χ3v) is 4.30. The molecule has 6 nitrogen and oxygen atoms in total. The summed E-state index contributed by atoms with van der Waals surface area (Å²) in [6.07, 6.45) is 1.66. The van der Waals surface area contributed by atoms with Gasteiger partial charge in [0.25, 0.3) is 0 Å². The van der Waals surface area contributed by atoms with Crippen LogP contribution in [0.5, 0.6) is 0 Å². The Morgan fingerprint density at radius 3 is 3.00 bits per heavy atom. The van der Waals surface area contributed by atoms with Crippen molar-refractivity contribution in [2.24, 2.45) is 0 Å². The van der Waals surface area contributed by atoms with Gasteiger partial charge in [-0.3, -0.25) is 4.79 Å². The molecule has 102 valence electrons. The molecule has 0 aromatic carbocycles. The van der Waals surface area contributed by atoms with Crippen molar-refractivity contribution in [3.63, 3.8) is 0 Å². The Bertz CT molecular complexity index is 551. The van der Waals surface area contributed by atoms with Crippen molar-refractivity contribution in [2.45, 2.75) is 37.7 Å². The van der Waals surface area contributed by atoms with Crippen LogP contribution >= 0.6 is 23.1 Å². The molecule has 1 N–H and O–H groups in total. The van der Waals surface area contributed by atoms with Crippen LogP contribution in [0.4, 0.5) is 5.13 Å². The minimum atomic E-state index is -0.252. The molecule has 0 aliphatic rings. The zero-order chi connectivity index (χ0) is 13.8. The van der Waals surface area contributed by atoms with Crippen LogP contribution in [0.2, 0.25) is 0 Å². The van der Waals surface area contributed by atoms with E-state index in [4.69, 9.17) is 0 Å². The molecule has 1 atom stereocenters. The van der Waals surface area contributed by atoms with E-state index in [-0.39, 0.29) is 11.2 Å². The maximum Gasteiger partial charge on any atom is 0.239 e. The normalized spacial score (nSPS) is 12.4. The summed E-state index contributed by atoms with van der Waals surface area (Å²) in [6.45, 7) is 6.57. The van der Waals surface area contributed by atoms with E-state index in [2.05, 4.69) is 20.5 Å². The van der Waals surface area contributed by atoms with Crippen LogP contribution in [0.25, 0.3) is 0 Å². The number of amides is 1. The van der Waals surface area contributed by atoms with E-state index < -0.39 is 0 Å². The predicted octanol–water partition coefficient (Wildman–Crippen LogP) is 2.18. The summed E-state index contributed by atoms with van der Waals surface area (Å²) in [5.41, 5.74) is 0. The summed E-state index contributed by atoms with van der Waals surface area (Å²) in [5, 5.41) is 13.8. The summed E-state index contributed by atoms with van der Waals surface area (Å²) in [4.78, 5) is 16.0. The highest BCUT2D eigenvalue weighted by atomic mass is 32.2. The van der Waals surface area contributed by atoms with Gasteiger partial charge in [-0.15, -0.1) is 21.5 Å². The lowest BCUT2D eigenvalue weighted by Crippen LogP contribution is -2.22. The Kier molecular flexibility index (Phi) is 4.54. The number of carbonyl (C=O) groups excluding carboxylic acids is 1. The van der Waals surface area contributed by atoms with Gasteiger partial charge in [0, 0.05) is 18.1 Å². The molecule has 0 aliphatic carbocycles. The first-order chi connectivity index (χ1) is 9.11. The first-order valence-corrected chi connectivity index (χ1v) is 7.64. The molecule has 8 heteroatoms. The third-order valence-electron chi connectivity index (χ3n) is 2.53. The van der Waals surface area contributed by atoms with E-state index in [0.29, 0.717) is 5.13 Å². The van der Waals surface area contributed by atoms with E-state index in [1.54, 1.807) is 6.20 Å². The lowest BCUT2D eigenvalue weighted by Gasteiger charge is -2.10. The third kappa shape index (κ3) is 3.32. The summed E-state index contributed by atoms with van der Waals surface area (Å²) in [5.74, 6) is 0.779. The standard InChI is InChI=1S/C11H15N5OS2/c1-4-16-8(3)14-15-11(16)19-7(2)9(17)13-10-12-5-6-18-10/h5-7H,4H2,1-3H3,(H,12,13,17). The smallest absolute Gasteiger partial charge is 0.239 e. The van der Waals surface area contributed by atoms with Gasteiger partial charge < -0.3 is 9.88 Å². The van der Waals surface area contributed by atoms with Crippen molar-refractivity contribution < 1.29 is 4.79 Å². The monoisotopic (exact) mass is 297 g/mol. The lowest BCUT2D eigenvalue weighted by atomic mass is 10.4. The van der Waals surface area contributed by atoms with Gasteiger partial charge in [0.1, 0.15) is 5.82 Å². The predicted molar refractivity (Wildman–Crippen MR) is 76.5 cm³/mol. The summed E-state index contributed by atoms with van der Waals surface area (Å²) in [7, 11) is 0. The summed E-state index contributed by atoms with van der Waals surface area (Å²) < 4.78 is 1.98. The molecule has 1 amide bonds. The first kappa shape index (κ1) is 14.0. The molecule has 0 fully saturated rings. The van der Waals surface area contributed by atoms with E-state index in [9.17, 15) is 4.79 Å². The fourth-order valence-electron chi connectivity index (χ4n) is 1.52. The van der Waals surface area contributed by atoms with Crippen molar-refractivity contribution >= 4 is 34.1 Å². The minimum Gasteiger partial charge on any atom is -0.307 e. The largest absolute Gasteiger partial charge is 0.307 e. The maximum atomic E-state index is 12.0. The lowest BCUT2D eigenvalue weighted by molar-refractivity contribution is -0.115. The molecule has 0 spiro atoms. The van der Waals surface area contributed by atoms with Gasteiger partial charge in [0.15, 0.2) is 10.3 Å². The SMILES string of the molecule is CCn1c(C)nnc1SC(C)C(=O)Nc1nccs1. The van der Waals surface area contributed by atoms with Crippen LogP contribution in [0.3, 0.4) is 0 Å². The van der Waals surface area contributed by atoms with Crippen LogP contribution in [0, 0.1) is 6.92 Å². The van der Waals surface area contributed by atoms with Gasteiger partial charge in [0.05, 0.1) is 5.25 Å². The van der Waals surface area contributed by atoms with Gasteiger partial charge in [-0.25, -0.2) is 4.98 Å². The molecular formula is C11H15N5OS2. The zero-order valence-electron chi connectivity index (χ0n) is 11.0. The van der Waals surface area contributed by atoms with E-state index >= 15 is 0 Å². The molecule has 0 bridgehead atoms. The number of nitrogens with zero attached hydrogens (tertiary/aromatic N) is 4. The van der Waals surface area contributed by atoms with Crippen LogP contribution in [0.1, 0.15) is 19.7 Å². The Morgan fingerprint density at radius 2 is 2.37 bits per heavy atom. The van der Waals surface area contributed by atoms with Crippen LogP contribution in [-0.2, 0) is 11.3 Å². The highest BCUT2D eigenvalue weighted by molar-refractivity contribution is 8.00. The Morgan fingerprint density at radius 1 is 1.58 bits per heavy atom. The van der Waals surface area contributed by atoms with Crippen molar-refractivity contribution in [2.75, 3.05) is 5.32 Å². The van der Waals surface area contributed by atoms with Gasteiger partial charge in [-0.05, 0) is 20.8 Å². The van der Waals surface area contributed by atoms with Crippen molar-refractivity contribution in [1.29, 1.82) is 0 Å². The minimum absolute atomic E-state index is 0.0803. The van der Waals surface area contributed by atoms with Crippen molar-refractivity contribution in [3.05, 3.63) is 17.4 Å². The molecule has 0 radical (unpaired) electrons. The summed E-state index contributed by atoms with van der Waals surface area (Å²) >= 11 is 2.80. The topological polar surface area (TPSA) is 72.7 Å². The number of anilines is 1. The van der Waals surface area contributed by atoms with Crippen molar-refractivity contribution in [3.8, 4) is 0 Å². The first-order valence-electron chi connectivity index (χ1n) is 5.88. The van der Waals surface area contributed by atoms with Gasteiger partial charge in [-0.2, -0.15) is 0 Å². The van der Waals surface area contributed by atoms with E-state index in [1.165, 1.54) is 23.1 Å². The number of rotatable bonds is 5. The van der Waals surface area contributed by atoms with E-state index in [1.807, 2.05) is 30.7 Å². The van der Waals surface area contributed by atoms with Gasteiger partial charge >= 0.3 is 0 Å². The molecule has 0 saturated heterocycles. The molecule has 2 aromatic rings. The number of hydrogen-bond acceptors (Lipinski definition) is 6. The molecule has 1 unspecified atom stereocenters. The quantitative estimate of drug-likeness (QED) is 0.856. The molecule has 2 heterocycles. The second-order valence-electron chi connectivity index (χ2n) is 3.86. The zero-order valence-corrected chi connectivity index (χ0v) is 12.6. The average molecular weight is 297 g/mol. The Hall–Kier alpha value is -1.41. The number of thioether (sulfide) groups is 1. The number of thiazole rings is 1. The highest BCUT2D eigenvalue weighted by Gasteiger charge is 2.19. The highest BCUT2D eigenvalue weighted by Crippen LogP contribution is 2.23. The fraction of sp³-hybridized carbons (Fsp3) is 0.455. The van der Waals surface area contributed by atoms with Gasteiger partial charge in [0.2, 0.25) is 5.91 Å². The molecular weight excluding hydrogens is 282 g/mol. The van der Waals surface area contributed by atoms with E-state index in [0.717, 1.165) is 17.5 Å². The maximum absolute atomic E-state index is 12.0. The fourth-order valence-corrected chi connectivity index (χ4v) is 3.01. The molecule has 2 rings (SSSR count). The van der Waals surface area contributed by atoms with Crippen LogP contribution in [-0.4, -0.2) is 30.9 Å². The molecule has 2 aromatic heterocycles. The number of aromatic nitrogens is 4. The van der Waals surface area contributed by atoms with Crippen molar-refractivity contribution in [1.82, 2.24) is 19.7 Å². The second kappa shape index (κ2) is 6.16. The summed E-state index contributed by atoms with van der Waals surface area (Å²) in [6, 6.07) is 0. The second-order valence-corrected chi connectivity index (χ2v) is 6.06.